The molecule has 0 saturated carbocycles. The van der Waals surface area contributed by atoms with Crippen LogP contribution in [-0.2, 0) is 16.6 Å². The van der Waals surface area contributed by atoms with Gasteiger partial charge in [0.2, 0.25) is 10.0 Å². The third-order valence-electron chi connectivity index (χ3n) is 3.18. The van der Waals surface area contributed by atoms with Crippen LogP contribution in [-0.4, -0.2) is 37.1 Å². The number of nitrogens with zero attached hydrogens (tertiary/aromatic N) is 1. The topological polar surface area (TPSA) is 97.6 Å². The number of benzene rings is 1. The lowest BCUT2D eigenvalue weighted by atomic mass is 10.3. The van der Waals surface area contributed by atoms with Crippen LogP contribution in [0.4, 0.5) is 13.2 Å². The molecule has 2 N–H and O–H groups in total. The van der Waals surface area contributed by atoms with Gasteiger partial charge < -0.3 is 14.4 Å². The van der Waals surface area contributed by atoms with Gasteiger partial charge in [0, 0.05) is 18.8 Å². The highest BCUT2D eigenvalue weighted by Crippen LogP contribution is 2.23. The number of ether oxygens (including phenoxy) is 1. The molecule has 0 aliphatic rings. The van der Waals surface area contributed by atoms with Crippen molar-refractivity contribution in [2.24, 2.45) is 0 Å². The third-order valence-corrected chi connectivity index (χ3v) is 4.62. The average molecular weight is 392 g/mol. The maximum Gasteiger partial charge on any atom is 0.573 e. The molecular formula is C15H15F3N2O5S. The quantitative estimate of drug-likeness (QED) is 0.735. The van der Waals surface area contributed by atoms with Gasteiger partial charge in [-0.2, -0.15) is 0 Å². The summed E-state index contributed by atoms with van der Waals surface area (Å²) in [4.78, 5) is 11.2. The number of rotatable bonds is 7. The summed E-state index contributed by atoms with van der Waals surface area (Å²) in [6, 6.07) is 8.02. The van der Waals surface area contributed by atoms with Gasteiger partial charge in [-0.05, 0) is 30.3 Å². The van der Waals surface area contributed by atoms with E-state index in [2.05, 4.69) is 9.46 Å². The number of alkyl halides is 3. The van der Waals surface area contributed by atoms with Crippen LogP contribution in [0.15, 0.2) is 58.4 Å². The van der Waals surface area contributed by atoms with Crippen LogP contribution in [0.5, 0.6) is 5.75 Å². The molecule has 2 aromatic rings. The molecule has 7 nitrogen and oxygen atoms in total. The van der Waals surface area contributed by atoms with Gasteiger partial charge in [-0.25, -0.2) is 13.1 Å². The maximum absolute atomic E-state index is 12.1. The Morgan fingerprint density at radius 1 is 1.15 bits per heavy atom. The van der Waals surface area contributed by atoms with Crippen molar-refractivity contribution < 1.29 is 31.4 Å². The summed E-state index contributed by atoms with van der Waals surface area (Å²) in [5.41, 5.74) is -0.352. The third kappa shape index (κ3) is 5.86. The van der Waals surface area contributed by atoms with E-state index in [0.29, 0.717) is 0 Å². The molecule has 0 aliphatic heterocycles. The van der Waals surface area contributed by atoms with Crippen molar-refractivity contribution in [1.29, 1.82) is 0 Å². The highest BCUT2D eigenvalue weighted by atomic mass is 32.2. The monoisotopic (exact) mass is 392 g/mol. The number of hydrogen-bond donors (Lipinski definition) is 2. The number of nitrogens with one attached hydrogen (secondary N) is 1. The van der Waals surface area contributed by atoms with Gasteiger partial charge >= 0.3 is 6.36 Å². The van der Waals surface area contributed by atoms with E-state index in [0.717, 1.165) is 24.3 Å². The fourth-order valence-corrected chi connectivity index (χ4v) is 3.09. The molecule has 26 heavy (non-hydrogen) atoms. The fraction of sp³-hybridized carbons (Fsp3) is 0.267. The van der Waals surface area contributed by atoms with Gasteiger partial charge in [-0.15, -0.1) is 13.2 Å². The number of sulfonamides is 1. The molecule has 1 atom stereocenters. The molecule has 1 unspecified atom stereocenters. The lowest BCUT2D eigenvalue weighted by Gasteiger charge is -2.14. The van der Waals surface area contributed by atoms with Crippen LogP contribution < -0.4 is 15.0 Å². The Morgan fingerprint density at radius 2 is 1.81 bits per heavy atom. The van der Waals surface area contributed by atoms with Crippen LogP contribution in [0.3, 0.4) is 0 Å². The zero-order valence-electron chi connectivity index (χ0n) is 13.2. The lowest BCUT2D eigenvalue weighted by Crippen LogP contribution is -2.36. The molecule has 1 heterocycles. The first-order chi connectivity index (χ1) is 12.1. The minimum Gasteiger partial charge on any atom is -0.406 e. The summed E-state index contributed by atoms with van der Waals surface area (Å²) in [5, 5.41) is 9.88. The van der Waals surface area contributed by atoms with Gasteiger partial charge in [0.25, 0.3) is 5.56 Å². The Bertz CT molecular complexity index is 894. The zero-order chi connectivity index (χ0) is 19.4. The predicted molar refractivity (Wildman–Crippen MR) is 85.0 cm³/mol. The van der Waals surface area contributed by atoms with E-state index in [-0.39, 0.29) is 23.5 Å². The van der Waals surface area contributed by atoms with Gasteiger partial charge in [0.1, 0.15) is 5.75 Å². The summed E-state index contributed by atoms with van der Waals surface area (Å²) in [7, 11) is -4.05. The van der Waals surface area contributed by atoms with Crippen molar-refractivity contribution >= 4 is 10.0 Å². The number of aliphatic hydroxyl groups is 1. The number of hydrogen-bond acceptors (Lipinski definition) is 5. The SMILES string of the molecule is O=c1ccccn1CC(O)CNS(=O)(=O)c1ccc(OC(F)(F)F)cc1. The van der Waals surface area contributed by atoms with Crippen molar-refractivity contribution in [3.8, 4) is 5.75 Å². The van der Waals surface area contributed by atoms with Crippen molar-refractivity contribution in [1.82, 2.24) is 9.29 Å². The minimum atomic E-state index is -4.88. The summed E-state index contributed by atoms with van der Waals surface area (Å²) in [5.74, 6) is -0.556. The predicted octanol–water partition coefficient (Wildman–Crippen LogP) is 1.09. The van der Waals surface area contributed by atoms with Gasteiger partial charge in [0.05, 0.1) is 17.5 Å². The fourth-order valence-electron chi connectivity index (χ4n) is 2.01. The van der Waals surface area contributed by atoms with Crippen LogP contribution >= 0.6 is 0 Å². The number of aromatic nitrogens is 1. The summed E-state index contributed by atoms with van der Waals surface area (Å²) in [6.45, 7) is -0.509. The van der Waals surface area contributed by atoms with Crippen molar-refractivity contribution in [2.75, 3.05) is 6.54 Å². The molecule has 0 bridgehead atoms. The van der Waals surface area contributed by atoms with Crippen molar-refractivity contribution in [3.63, 3.8) is 0 Å². The second-order valence-corrected chi connectivity index (χ2v) is 6.98. The Hall–Kier alpha value is -2.37. The normalized spacial score (nSPS) is 13.4. The van der Waals surface area contributed by atoms with E-state index < -0.39 is 28.2 Å². The van der Waals surface area contributed by atoms with Crippen LogP contribution in [0.25, 0.3) is 0 Å². The molecular weight excluding hydrogens is 377 g/mol. The summed E-state index contributed by atoms with van der Waals surface area (Å²) < 4.78 is 67.5. The first kappa shape index (κ1) is 19.9. The first-order valence-electron chi connectivity index (χ1n) is 7.26. The van der Waals surface area contributed by atoms with Gasteiger partial charge in [-0.1, -0.05) is 6.07 Å². The molecule has 0 saturated heterocycles. The smallest absolute Gasteiger partial charge is 0.406 e. The molecule has 0 amide bonds. The molecule has 142 valence electrons. The summed E-state index contributed by atoms with van der Waals surface area (Å²) >= 11 is 0. The van der Waals surface area contributed by atoms with Crippen LogP contribution in [0.2, 0.25) is 0 Å². The minimum absolute atomic E-state index is 0.124. The van der Waals surface area contributed by atoms with Crippen molar-refractivity contribution in [3.05, 3.63) is 59.0 Å². The molecule has 1 aromatic carbocycles. The Kier molecular flexibility index (Phi) is 6.05. The van der Waals surface area contributed by atoms with E-state index in [9.17, 15) is 31.5 Å². The maximum atomic E-state index is 12.1. The second kappa shape index (κ2) is 7.89. The molecule has 0 spiro atoms. The van der Waals surface area contributed by atoms with Gasteiger partial charge in [-0.3, -0.25) is 4.79 Å². The largest absolute Gasteiger partial charge is 0.573 e. The lowest BCUT2D eigenvalue weighted by molar-refractivity contribution is -0.274. The first-order valence-corrected chi connectivity index (χ1v) is 8.74. The Balaban J connectivity index is 1.97. The van der Waals surface area contributed by atoms with E-state index in [4.69, 9.17) is 0 Å². The Labute approximate surface area is 146 Å². The highest BCUT2D eigenvalue weighted by Gasteiger charge is 2.31. The number of aliphatic hydroxyl groups excluding tert-OH is 1. The van der Waals surface area contributed by atoms with E-state index in [1.165, 1.54) is 22.9 Å². The van der Waals surface area contributed by atoms with Crippen molar-refractivity contribution in [2.45, 2.75) is 23.9 Å². The molecule has 0 aliphatic carbocycles. The molecule has 1 aromatic heterocycles. The molecule has 0 fully saturated rings. The van der Waals surface area contributed by atoms with Crippen LogP contribution in [0.1, 0.15) is 0 Å². The van der Waals surface area contributed by atoms with E-state index >= 15 is 0 Å². The van der Waals surface area contributed by atoms with E-state index in [1.54, 1.807) is 6.07 Å². The van der Waals surface area contributed by atoms with E-state index in [1.807, 2.05) is 0 Å². The second-order valence-electron chi connectivity index (χ2n) is 5.22. The Morgan fingerprint density at radius 3 is 2.38 bits per heavy atom. The molecule has 0 radical (unpaired) electrons. The molecule has 2 rings (SSSR count). The van der Waals surface area contributed by atoms with Crippen LogP contribution in [0, 0.1) is 0 Å². The number of halogens is 3. The molecule has 11 heteroatoms. The number of pyridine rings is 1. The highest BCUT2D eigenvalue weighted by molar-refractivity contribution is 7.89. The average Bonchev–Trinajstić information content (AvgIpc) is 2.54. The zero-order valence-corrected chi connectivity index (χ0v) is 14.0. The summed E-state index contributed by atoms with van der Waals surface area (Å²) in [6.07, 6.45) is -4.62. The van der Waals surface area contributed by atoms with Gasteiger partial charge in [0.15, 0.2) is 0 Å². The standard InChI is InChI=1S/C15H15F3N2O5S/c16-15(17,18)25-12-4-6-13(7-5-12)26(23,24)19-9-11(21)10-20-8-2-1-3-14(20)22/h1-8,11,19,21H,9-10H2.